The van der Waals surface area contributed by atoms with Gasteiger partial charge in [0.1, 0.15) is 0 Å². The first-order chi connectivity index (χ1) is 11.5. The van der Waals surface area contributed by atoms with Crippen LogP contribution < -0.4 is 5.32 Å². The number of halogens is 1. The van der Waals surface area contributed by atoms with Crippen molar-refractivity contribution in [1.29, 1.82) is 0 Å². The number of rotatable bonds is 7. The van der Waals surface area contributed by atoms with Crippen molar-refractivity contribution < 1.29 is 19.1 Å². The number of nitrogens with one attached hydrogen (secondary N) is 1. The maximum Gasteiger partial charge on any atom is 0.306 e. The largest absolute Gasteiger partial charge is 0.456 e. The van der Waals surface area contributed by atoms with Crippen LogP contribution in [0.5, 0.6) is 0 Å². The summed E-state index contributed by atoms with van der Waals surface area (Å²) < 4.78 is 4.86. The molecule has 126 valence electrons. The summed E-state index contributed by atoms with van der Waals surface area (Å²) in [6.07, 6.45) is 0.0000567. The molecule has 0 saturated heterocycles. The van der Waals surface area contributed by atoms with Crippen molar-refractivity contribution in [2.75, 3.05) is 11.9 Å². The number of benzene rings is 1. The van der Waals surface area contributed by atoms with Gasteiger partial charge in [-0.1, -0.05) is 23.7 Å². The van der Waals surface area contributed by atoms with Crippen LogP contribution in [0, 0.1) is 6.92 Å². The molecule has 0 spiro atoms. The van der Waals surface area contributed by atoms with Crippen molar-refractivity contribution in [2.45, 2.75) is 19.8 Å². The van der Waals surface area contributed by atoms with Crippen molar-refractivity contribution in [3.63, 3.8) is 0 Å². The Bertz CT molecular complexity index is 743. The predicted molar refractivity (Wildman–Crippen MR) is 93.7 cm³/mol. The van der Waals surface area contributed by atoms with Gasteiger partial charge in [-0.15, -0.1) is 11.3 Å². The highest BCUT2D eigenvalue weighted by molar-refractivity contribution is 7.12. The second-order valence-corrected chi connectivity index (χ2v) is 6.45. The highest BCUT2D eigenvalue weighted by Gasteiger charge is 2.13. The van der Waals surface area contributed by atoms with Gasteiger partial charge in [-0.25, -0.2) is 0 Å². The highest BCUT2D eigenvalue weighted by atomic mass is 35.5. The van der Waals surface area contributed by atoms with Crippen LogP contribution in [-0.2, 0) is 14.3 Å². The fraction of sp³-hybridized carbons (Fsp3) is 0.235. The number of amides is 1. The van der Waals surface area contributed by atoms with Crippen LogP contribution in [0.15, 0.2) is 35.7 Å². The fourth-order valence-electron chi connectivity index (χ4n) is 1.90. The molecule has 1 aromatic carbocycles. The zero-order chi connectivity index (χ0) is 17.5. The van der Waals surface area contributed by atoms with Crippen LogP contribution in [0.3, 0.4) is 0 Å². The van der Waals surface area contributed by atoms with E-state index >= 15 is 0 Å². The van der Waals surface area contributed by atoms with Gasteiger partial charge in [0.05, 0.1) is 22.0 Å². The van der Waals surface area contributed by atoms with Gasteiger partial charge in [-0.2, -0.15) is 0 Å². The number of thiophene rings is 1. The normalized spacial score (nSPS) is 10.2. The maximum atomic E-state index is 11.8. The molecule has 0 unspecified atom stereocenters. The molecule has 1 N–H and O–H groups in total. The fourth-order valence-corrected chi connectivity index (χ4v) is 2.88. The Morgan fingerprint density at radius 3 is 2.67 bits per heavy atom. The number of ether oxygens (including phenoxy) is 1. The lowest BCUT2D eigenvalue weighted by atomic mass is 10.2. The van der Waals surface area contributed by atoms with Crippen LogP contribution in [0.2, 0.25) is 5.02 Å². The Morgan fingerprint density at radius 1 is 1.21 bits per heavy atom. The molecule has 0 radical (unpaired) electrons. The number of aryl methyl sites for hydroxylation is 1. The first kappa shape index (κ1) is 18.2. The van der Waals surface area contributed by atoms with Gasteiger partial charge in [0.15, 0.2) is 12.4 Å². The Morgan fingerprint density at radius 2 is 2.00 bits per heavy atom. The number of esters is 1. The lowest BCUT2D eigenvalue weighted by Crippen LogP contribution is -2.21. The molecular weight excluding hydrogens is 350 g/mol. The van der Waals surface area contributed by atoms with E-state index in [2.05, 4.69) is 5.32 Å². The van der Waals surface area contributed by atoms with Gasteiger partial charge in [0, 0.05) is 6.42 Å². The van der Waals surface area contributed by atoms with Crippen molar-refractivity contribution in [1.82, 2.24) is 0 Å². The summed E-state index contributed by atoms with van der Waals surface area (Å²) in [7, 11) is 0. The molecule has 7 heteroatoms. The lowest BCUT2D eigenvalue weighted by Gasteiger charge is -2.08. The van der Waals surface area contributed by atoms with Gasteiger partial charge in [0.2, 0.25) is 0 Å². The summed E-state index contributed by atoms with van der Waals surface area (Å²) in [6.45, 7) is 1.47. The van der Waals surface area contributed by atoms with Gasteiger partial charge in [-0.3, -0.25) is 14.4 Å². The molecule has 0 fully saturated rings. The molecule has 2 aromatic rings. The van der Waals surface area contributed by atoms with E-state index in [1.807, 2.05) is 13.0 Å². The van der Waals surface area contributed by atoms with E-state index < -0.39 is 18.5 Å². The van der Waals surface area contributed by atoms with Crippen molar-refractivity contribution in [2.24, 2.45) is 0 Å². The minimum absolute atomic E-state index is 0.0602. The molecule has 1 amide bonds. The summed E-state index contributed by atoms with van der Waals surface area (Å²) in [5, 5.41) is 4.78. The summed E-state index contributed by atoms with van der Waals surface area (Å²) >= 11 is 7.34. The number of hydrogen-bond acceptors (Lipinski definition) is 5. The number of hydrogen-bond donors (Lipinski definition) is 1. The topological polar surface area (TPSA) is 72.5 Å². The van der Waals surface area contributed by atoms with Crippen LogP contribution in [0.25, 0.3) is 0 Å². The van der Waals surface area contributed by atoms with E-state index in [0.29, 0.717) is 15.6 Å². The van der Waals surface area contributed by atoms with Crippen LogP contribution >= 0.6 is 22.9 Å². The third-order valence-electron chi connectivity index (χ3n) is 3.12. The summed E-state index contributed by atoms with van der Waals surface area (Å²) in [6, 6.07) is 8.69. The second kappa shape index (κ2) is 8.61. The molecule has 0 aliphatic carbocycles. The van der Waals surface area contributed by atoms with Crippen molar-refractivity contribution in [3.8, 4) is 0 Å². The number of carbonyl (C=O) groups is 3. The second-order valence-electron chi connectivity index (χ2n) is 5.09. The van der Waals surface area contributed by atoms with E-state index in [1.165, 1.54) is 11.3 Å². The summed E-state index contributed by atoms with van der Waals surface area (Å²) in [4.78, 5) is 35.7. The molecule has 0 aliphatic rings. The van der Waals surface area contributed by atoms with E-state index in [-0.39, 0.29) is 18.6 Å². The average Bonchev–Trinajstić information content (AvgIpc) is 3.08. The molecule has 0 bridgehead atoms. The molecule has 2 rings (SSSR count). The van der Waals surface area contributed by atoms with Gasteiger partial charge < -0.3 is 10.1 Å². The van der Waals surface area contributed by atoms with E-state index in [0.717, 1.165) is 5.56 Å². The minimum Gasteiger partial charge on any atom is -0.456 e. The number of carbonyl (C=O) groups excluding carboxylic acids is 3. The van der Waals surface area contributed by atoms with Gasteiger partial charge in [-0.05, 0) is 36.1 Å². The Balaban J connectivity index is 1.73. The molecule has 0 atom stereocenters. The third kappa shape index (κ3) is 5.47. The molecule has 5 nitrogen and oxygen atoms in total. The molecule has 1 heterocycles. The third-order valence-corrected chi connectivity index (χ3v) is 4.34. The lowest BCUT2D eigenvalue weighted by molar-refractivity contribution is -0.147. The van der Waals surface area contributed by atoms with Crippen LogP contribution in [0.1, 0.15) is 28.1 Å². The Kier molecular flexibility index (Phi) is 6.52. The maximum absolute atomic E-state index is 11.8. The summed E-state index contributed by atoms with van der Waals surface area (Å²) in [5.74, 6) is -1.19. The standard InChI is InChI=1S/C17H16ClNO4S/c1-11-4-5-13(12(18)9-11)19-16(21)10-23-17(22)7-6-14(20)15-3-2-8-24-15/h2-5,8-9H,6-7,10H2,1H3,(H,19,21). The first-order valence-electron chi connectivity index (χ1n) is 7.24. The number of anilines is 1. The van der Waals surface area contributed by atoms with Crippen LogP contribution in [-0.4, -0.2) is 24.3 Å². The first-order valence-corrected chi connectivity index (χ1v) is 8.50. The van der Waals surface area contributed by atoms with Crippen molar-refractivity contribution >= 4 is 46.3 Å². The Hall–Kier alpha value is -2.18. The quantitative estimate of drug-likeness (QED) is 0.597. The molecule has 24 heavy (non-hydrogen) atoms. The SMILES string of the molecule is Cc1ccc(NC(=O)COC(=O)CCC(=O)c2cccs2)c(Cl)c1. The molecular formula is C17H16ClNO4S. The van der Waals surface area contributed by atoms with E-state index in [4.69, 9.17) is 16.3 Å². The van der Waals surface area contributed by atoms with E-state index in [9.17, 15) is 14.4 Å². The number of Topliss-reactive ketones (excluding diaryl/α,β-unsaturated/α-hetero) is 1. The predicted octanol–water partition coefficient (Wildman–Crippen LogP) is 3.85. The zero-order valence-electron chi connectivity index (χ0n) is 13.0. The smallest absolute Gasteiger partial charge is 0.306 e. The molecule has 0 saturated carbocycles. The van der Waals surface area contributed by atoms with E-state index in [1.54, 1.807) is 29.6 Å². The zero-order valence-corrected chi connectivity index (χ0v) is 14.6. The average molecular weight is 366 g/mol. The highest BCUT2D eigenvalue weighted by Crippen LogP contribution is 2.22. The minimum atomic E-state index is -0.593. The Labute approximate surface area is 148 Å². The molecule has 0 aliphatic heterocycles. The summed E-state index contributed by atoms with van der Waals surface area (Å²) in [5.41, 5.74) is 1.43. The van der Waals surface area contributed by atoms with Crippen LogP contribution in [0.4, 0.5) is 5.69 Å². The van der Waals surface area contributed by atoms with Gasteiger partial charge in [0.25, 0.3) is 5.91 Å². The van der Waals surface area contributed by atoms with Gasteiger partial charge >= 0.3 is 5.97 Å². The van der Waals surface area contributed by atoms with Crippen molar-refractivity contribution in [3.05, 3.63) is 51.2 Å². The monoisotopic (exact) mass is 365 g/mol. The molecule has 1 aromatic heterocycles. The number of ketones is 1.